The maximum atomic E-state index is 6.05. The summed E-state index contributed by atoms with van der Waals surface area (Å²) in [5.74, 6) is 2.82. The average molecular weight is 277 g/mol. The molecule has 0 atom stereocenters. The maximum Gasteiger partial charge on any atom is 0.148 e. The van der Waals surface area contributed by atoms with Crippen molar-refractivity contribution < 1.29 is 0 Å². The Bertz CT molecular complexity index is 432. The third-order valence-corrected chi connectivity index (χ3v) is 4.90. The molecule has 0 spiro atoms. The highest BCUT2D eigenvalue weighted by Crippen LogP contribution is 2.44. The minimum atomic E-state index is 0.443. The van der Waals surface area contributed by atoms with E-state index in [-0.39, 0.29) is 0 Å². The standard InChI is InChI=1S/C17H31N3/c1-11(2)10-14-15(19-20-16(14)18)12-6-8-13(9-7-12)17(3,4)5/h11-13H,6-10H2,1-5H3,(H3,18,19,20). The number of nitrogen functional groups attached to an aromatic ring is 1. The number of nitrogens with one attached hydrogen (secondary N) is 1. The molecular formula is C17H31N3. The minimum Gasteiger partial charge on any atom is -0.382 e. The van der Waals surface area contributed by atoms with E-state index in [1.54, 1.807) is 0 Å². The third-order valence-electron chi connectivity index (χ3n) is 4.90. The van der Waals surface area contributed by atoms with Crippen molar-refractivity contribution in [1.82, 2.24) is 10.2 Å². The first kappa shape index (κ1) is 15.4. The van der Waals surface area contributed by atoms with Crippen molar-refractivity contribution in [2.45, 2.75) is 72.6 Å². The van der Waals surface area contributed by atoms with Crippen molar-refractivity contribution in [1.29, 1.82) is 0 Å². The highest BCUT2D eigenvalue weighted by atomic mass is 15.2. The zero-order valence-electron chi connectivity index (χ0n) is 13.8. The van der Waals surface area contributed by atoms with Crippen LogP contribution in [0.5, 0.6) is 0 Å². The molecule has 1 aromatic heterocycles. The summed E-state index contributed by atoms with van der Waals surface area (Å²) in [5, 5.41) is 7.49. The molecule has 0 bridgehead atoms. The molecule has 0 radical (unpaired) electrons. The molecule has 20 heavy (non-hydrogen) atoms. The second-order valence-corrected chi connectivity index (χ2v) is 8.01. The van der Waals surface area contributed by atoms with Crippen LogP contribution >= 0.6 is 0 Å². The Balaban J connectivity index is 2.07. The van der Waals surface area contributed by atoms with E-state index in [4.69, 9.17) is 5.73 Å². The van der Waals surface area contributed by atoms with Gasteiger partial charge in [0.2, 0.25) is 0 Å². The van der Waals surface area contributed by atoms with Crippen molar-refractivity contribution in [3.05, 3.63) is 11.3 Å². The molecule has 0 saturated heterocycles. The van der Waals surface area contributed by atoms with Crippen LogP contribution in [0.1, 0.15) is 77.5 Å². The van der Waals surface area contributed by atoms with E-state index in [2.05, 4.69) is 44.8 Å². The molecule has 3 heteroatoms. The van der Waals surface area contributed by atoms with Crippen molar-refractivity contribution in [3.63, 3.8) is 0 Å². The highest BCUT2D eigenvalue weighted by Gasteiger charge is 2.32. The van der Waals surface area contributed by atoms with E-state index in [1.165, 1.54) is 36.9 Å². The Morgan fingerprint density at radius 2 is 1.80 bits per heavy atom. The zero-order chi connectivity index (χ0) is 14.9. The number of nitrogens with two attached hydrogens (primary N) is 1. The van der Waals surface area contributed by atoms with Gasteiger partial charge in [-0.1, -0.05) is 34.6 Å². The maximum absolute atomic E-state index is 6.05. The van der Waals surface area contributed by atoms with Crippen molar-refractivity contribution in [2.24, 2.45) is 17.3 Å². The number of aromatic amines is 1. The SMILES string of the molecule is CC(C)Cc1c(N)n[nH]c1C1CCC(C(C)(C)C)CC1. The normalized spacial score (nSPS) is 24.3. The van der Waals surface area contributed by atoms with Gasteiger partial charge >= 0.3 is 0 Å². The van der Waals surface area contributed by atoms with E-state index < -0.39 is 0 Å². The van der Waals surface area contributed by atoms with Crippen LogP contribution < -0.4 is 5.73 Å². The van der Waals surface area contributed by atoms with E-state index in [0.29, 0.717) is 23.1 Å². The number of rotatable bonds is 3. The van der Waals surface area contributed by atoms with Crippen LogP contribution in [-0.2, 0) is 6.42 Å². The quantitative estimate of drug-likeness (QED) is 0.854. The van der Waals surface area contributed by atoms with Crippen LogP contribution in [0.4, 0.5) is 5.82 Å². The molecule has 1 saturated carbocycles. The van der Waals surface area contributed by atoms with Gasteiger partial charge in [0.25, 0.3) is 0 Å². The number of anilines is 1. The summed E-state index contributed by atoms with van der Waals surface area (Å²) in [4.78, 5) is 0. The molecule has 114 valence electrons. The molecule has 0 unspecified atom stereocenters. The first-order valence-corrected chi connectivity index (χ1v) is 8.11. The van der Waals surface area contributed by atoms with Gasteiger partial charge in [-0.15, -0.1) is 0 Å². The lowest BCUT2D eigenvalue weighted by atomic mass is 9.69. The topological polar surface area (TPSA) is 54.7 Å². The molecule has 2 rings (SSSR count). The summed E-state index contributed by atoms with van der Waals surface area (Å²) in [6.45, 7) is 11.6. The Morgan fingerprint density at radius 3 is 2.30 bits per heavy atom. The largest absolute Gasteiger partial charge is 0.382 e. The zero-order valence-corrected chi connectivity index (χ0v) is 13.8. The van der Waals surface area contributed by atoms with Gasteiger partial charge in [0, 0.05) is 17.2 Å². The molecule has 1 aromatic rings. The minimum absolute atomic E-state index is 0.443. The molecule has 1 aliphatic carbocycles. The van der Waals surface area contributed by atoms with E-state index in [0.717, 1.165) is 12.3 Å². The predicted octanol–water partition coefficient (Wildman–Crippen LogP) is 4.51. The van der Waals surface area contributed by atoms with Crippen molar-refractivity contribution in [2.75, 3.05) is 5.73 Å². The van der Waals surface area contributed by atoms with Crippen LogP contribution in [0, 0.1) is 17.3 Å². The molecule has 1 fully saturated rings. The van der Waals surface area contributed by atoms with Gasteiger partial charge in [-0.2, -0.15) is 5.10 Å². The van der Waals surface area contributed by atoms with Gasteiger partial charge in [0.05, 0.1) is 0 Å². The summed E-state index contributed by atoms with van der Waals surface area (Å²) in [6.07, 6.45) is 6.24. The van der Waals surface area contributed by atoms with Crippen molar-refractivity contribution >= 4 is 5.82 Å². The average Bonchev–Trinajstić information content (AvgIpc) is 2.70. The Morgan fingerprint density at radius 1 is 1.20 bits per heavy atom. The third kappa shape index (κ3) is 3.36. The molecule has 0 aliphatic heterocycles. The van der Waals surface area contributed by atoms with Crippen LogP contribution in [0.3, 0.4) is 0 Å². The molecule has 1 heterocycles. The number of aromatic nitrogens is 2. The first-order chi connectivity index (χ1) is 9.29. The fraction of sp³-hybridized carbons (Fsp3) is 0.824. The number of hydrogen-bond acceptors (Lipinski definition) is 2. The molecule has 0 aromatic carbocycles. The first-order valence-electron chi connectivity index (χ1n) is 8.11. The van der Waals surface area contributed by atoms with E-state index >= 15 is 0 Å². The Kier molecular flexibility index (Phi) is 4.46. The summed E-state index contributed by atoms with van der Waals surface area (Å²) in [6, 6.07) is 0. The lowest BCUT2D eigenvalue weighted by Gasteiger charge is -2.37. The van der Waals surface area contributed by atoms with Crippen LogP contribution in [0.2, 0.25) is 0 Å². The smallest absolute Gasteiger partial charge is 0.148 e. The molecule has 1 aliphatic rings. The van der Waals surface area contributed by atoms with Gasteiger partial charge in [-0.05, 0) is 49.4 Å². The fourth-order valence-corrected chi connectivity index (χ4v) is 3.60. The summed E-state index contributed by atoms with van der Waals surface area (Å²) in [5.41, 5.74) is 9.09. The van der Waals surface area contributed by atoms with Gasteiger partial charge in [0.1, 0.15) is 5.82 Å². The van der Waals surface area contributed by atoms with Crippen molar-refractivity contribution in [3.8, 4) is 0 Å². The number of H-pyrrole nitrogens is 1. The lowest BCUT2D eigenvalue weighted by molar-refractivity contribution is 0.168. The molecular weight excluding hydrogens is 246 g/mol. The second-order valence-electron chi connectivity index (χ2n) is 8.01. The fourth-order valence-electron chi connectivity index (χ4n) is 3.60. The highest BCUT2D eigenvalue weighted by molar-refractivity contribution is 5.43. The van der Waals surface area contributed by atoms with Gasteiger partial charge in [-0.25, -0.2) is 0 Å². The molecule has 3 N–H and O–H groups in total. The van der Waals surface area contributed by atoms with Gasteiger partial charge in [-0.3, -0.25) is 5.10 Å². The monoisotopic (exact) mass is 277 g/mol. The summed E-state index contributed by atoms with van der Waals surface area (Å²) < 4.78 is 0. The second kappa shape index (κ2) is 5.79. The molecule has 0 amide bonds. The van der Waals surface area contributed by atoms with Gasteiger partial charge in [0.15, 0.2) is 0 Å². The summed E-state index contributed by atoms with van der Waals surface area (Å²) in [7, 11) is 0. The van der Waals surface area contributed by atoms with Crippen LogP contribution in [-0.4, -0.2) is 10.2 Å². The van der Waals surface area contributed by atoms with Crippen LogP contribution in [0.25, 0.3) is 0 Å². The number of hydrogen-bond donors (Lipinski definition) is 2. The van der Waals surface area contributed by atoms with Gasteiger partial charge < -0.3 is 5.73 Å². The lowest BCUT2D eigenvalue weighted by Crippen LogP contribution is -2.25. The van der Waals surface area contributed by atoms with Crippen LogP contribution in [0.15, 0.2) is 0 Å². The summed E-state index contributed by atoms with van der Waals surface area (Å²) >= 11 is 0. The van der Waals surface area contributed by atoms with E-state index in [9.17, 15) is 0 Å². The Labute approximate surface area is 123 Å². The Hall–Kier alpha value is -0.990. The predicted molar refractivity (Wildman–Crippen MR) is 85.7 cm³/mol. The molecule has 3 nitrogen and oxygen atoms in total. The van der Waals surface area contributed by atoms with E-state index in [1.807, 2.05) is 0 Å². The number of nitrogens with zero attached hydrogens (tertiary/aromatic N) is 1.